The average molecular weight is 636 g/mol. The summed E-state index contributed by atoms with van der Waals surface area (Å²) >= 11 is 0. The van der Waals surface area contributed by atoms with Gasteiger partial charge in [-0.05, 0) is 42.7 Å². The highest BCUT2D eigenvalue weighted by atomic mass is 32.2. The number of hydrogen-bond acceptors (Lipinski definition) is 9. The lowest BCUT2D eigenvalue weighted by molar-refractivity contribution is -0.145. The van der Waals surface area contributed by atoms with E-state index in [0.717, 1.165) is 5.56 Å². The van der Waals surface area contributed by atoms with E-state index in [1.165, 1.54) is 19.1 Å². The van der Waals surface area contributed by atoms with E-state index in [9.17, 15) is 17.6 Å². The summed E-state index contributed by atoms with van der Waals surface area (Å²) < 4.78 is 53.6. The van der Waals surface area contributed by atoms with Gasteiger partial charge in [0.25, 0.3) is 0 Å². The molecule has 5 rings (SSSR count). The summed E-state index contributed by atoms with van der Waals surface area (Å²) in [6, 6.07) is 10.8. The number of halogens is 1. The molecule has 12 nitrogen and oxygen atoms in total. The monoisotopic (exact) mass is 635 g/mol. The first kappa shape index (κ1) is 31.4. The molecule has 3 aromatic heterocycles. The van der Waals surface area contributed by atoms with Gasteiger partial charge in [0.15, 0.2) is 0 Å². The average Bonchev–Trinajstić information content (AvgIpc) is 3.68. The number of aromatic amines is 1. The number of nitrogens with two attached hydrogens (primary N) is 1. The zero-order valence-electron chi connectivity index (χ0n) is 25.1. The minimum atomic E-state index is -3.61. The number of sulfonamides is 1. The lowest BCUT2D eigenvalue weighted by Crippen LogP contribution is -2.15. The van der Waals surface area contributed by atoms with E-state index in [1.807, 2.05) is 13.8 Å². The number of anilines is 2. The summed E-state index contributed by atoms with van der Waals surface area (Å²) in [6.45, 7) is 6.28. The molecule has 0 atom stereocenters. The van der Waals surface area contributed by atoms with Crippen molar-refractivity contribution in [2.45, 2.75) is 40.3 Å². The van der Waals surface area contributed by atoms with Crippen molar-refractivity contribution in [1.82, 2.24) is 25.0 Å². The summed E-state index contributed by atoms with van der Waals surface area (Å²) in [7, 11) is -3.61. The summed E-state index contributed by atoms with van der Waals surface area (Å²) in [4.78, 5) is 16.4. The van der Waals surface area contributed by atoms with Crippen molar-refractivity contribution in [3.63, 3.8) is 0 Å². The van der Waals surface area contributed by atoms with E-state index in [2.05, 4.69) is 25.0 Å². The van der Waals surface area contributed by atoms with Gasteiger partial charge in [-0.25, -0.2) is 17.8 Å². The van der Waals surface area contributed by atoms with Crippen LogP contribution in [0.4, 0.5) is 15.9 Å². The number of hydrogen-bond donors (Lipinski definition) is 3. The molecule has 0 aliphatic heterocycles. The minimum absolute atomic E-state index is 0.0686. The van der Waals surface area contributed by atoms with Crippen LogP contribution >= 0.6 is 0 Å². The van der Waals surface area contributed by atoms with E-state index in [1.54, 1.807) is 53.6 Å². The molecule has 2 aromatic carbocycles. The molecule has 0 unspecified atom stereocenters. The van der Waals surface area contributed by atoms with Gasteiger partial charge in [0, 0.05) is 29.1 Å². The van der Waals surface area contributed by atoms with Crippen LogP contribution in [-0.4, -0.2) is 51.7 Å². The van der Waals surface area contributed by atoms with Crippen LogP contribution in [0.15, 0.2) is 61.1 Å². The second kappa shape index (κ2) is 13.3. The fourth-order valence-electron chi connectivity index (χ4n) is 4.49. The molecule has 0 radical (unpaired) electrons. The molecule has 236 valence electrons. The summed E-state index contributed by atoms with van der Waals surface area (Å²) in [5.74, 6) is -0.0345. The normalized spacial score (nSPS) is 11.7. The molecule has 0 aliphatic rings. The second-order valence-electron chi connectivity index (χ2n) is 10.8. The fourth-order valence-corrected chi connectivity index (χ4v) is 5.14. The Morgan fingerprint density at radius 2 is 1.91 bits per heavy atom. The number of fused-ring (bicyclic) bond motifs is 1. The van der Waals surface area contributed by atoms with E-state index < -0.39 is 10.0 Å². The Hall–Kier alpha value is -4.98. The molecule has 3 heterocycles. The predicted octanol–water partition coefficient (Wildman–Crippen LogP) is 5.14. The van der Waals surface area contributed by atoms with Gasteiger partial charge in [0.05, 0.1) is 48.1 Å². The molecule has 45 heavy (non-hydrogen) atoms. The van der Waals surface area contributed by atoms with Gasteiger partial charge in [0.2, 0.25) is 10.0 Å². The summed E-state index contributed by atoms with van der Waals surface area (Å²) in [5.41, 5.74) is 10.4. The first-order valence-corrected chi connectivity index (χ1v) is 16.0. The molecular weight excluding hydrogens is 601 g/mol. The standard InChI is InChI=1S/C31H34FN7O5S/c1-4-45(41,42)38-25-10-7-21(13-26(25)43-18-20-5-8-23(32)9-6-20)29-28-30(37-36-29)24(15-34-31(28)33)22-14-35-39(16-22)12-11-27(40)44-17-19(2)3/h5-10,13-16,19,38H,4,11-12,17-18H2,1-3H3,(H2,33,34)(H,36,37). The maximum atomic E-state index is 13.4. The highest BCUT2D eigenvalue weighted by molar-refractivity contribution is 7.92. The van der Waals surface area contributed by atoms with Crippen LogP contribution in [0, 0.1) is 11.7 Å². The molecular formula is C31H34FN7O5S. The van der Waals surface area contributed by atoms with Gasteiger partial charge in [-0.2, -0.15) is 10.2 Å². The van der Waals surface area contributed by atoms with Gasteiger partial charge in [-0.3, -0.25) is 19.3 Å². The van der Waals surface area contributed by atoms with Gasteiger partial charge in [-0.1, -0.05) is 32.0 Å². The SMILES string of the molecule is CCS(=O)(=O)Nc1ccc(-c2n[nH]c3c(-c4cnn(CCC(=O)OCC(C)C)c4)cnc(N)c23)cc1OCc1ccc(F)cc1. The highest BCUT2D eigenvalue weighted by Gasteiger charge is 2.20. The van der Waals surface area contributed by atoms with E-state index in [0.29, 0.717) is 46.4 Å². The van der Waals surface area contributed by atoms with Gasteiger partial charge in [-0.15, -0.1) is 0 Å². The van der Waals surface area contributed by atoms with Gasteiger partial charge in [0.1, 0.15) is 29.7 Å². The van der Waals surface area contributed by atoms with Crippen LogP contribution in [0.25, 0.3) is 33.3 Å². The number of H-pyrrole nitrogens is 1. The maximum absolute atomic E-state index is 13.4. The third-order valence-corrected chi connectivity index (χ3v) is 8.19. The molecule has 14 heteroatoms. The number of carbonyl (C=O) groups is 1. The van der Waals surface area contributed by atoms with E-state index in [4.69, 9.17) is 15.2 Å². The Morgan fingerprint density at radius 3 is 2.64 bits per heavy atom. The molecule has 0 saturated heterocycles. The molecule has 0 bridgehead atoms. The molecule has 0 fully saturated rings. The number of esters is 1. The summed E-state index contributed by atoms with van der Waals surface area (Å²) in [6.07, 6.45) is 5.28. The number of nitrogens with zero attached hydrogens (tertiary/aromatic N) is 4. The topological polar surface area (TPSA) is 167 Å². The molecule has 0 aliphatic carbocycles. The van der Waals surface area contributed by atoms with Crippen LogP contribution in [0.2, 0.25) is 0 Å². The van der Waals surface area contributed by atoms with Crippen molar-refractivity contribution in [3.05, 3.63) is 72.4 Å². The van der Waals surface area contributed by atoms with Crippen molar-refractivity contribution in [2.24, 2.45) is 5.92 Å². The molecule has 0 spiro atoms. The van der Waals surface area contributed by atoms with Crippen molar-refractivity contribution in [3.8, 4) is 28.1 Å². The van der Waals surface area contributed by atoms with E-state index in [-0.39, 0.29) is 53.7 Å². The number of pyridine rings is 1. The lowest BCUT2D eigenvalue weighted by Gasteiger charge is -2.15. The van der Waals surface area contributed by atoms with Crippen LogP contribution in [0.1, 0.15) is 32.8 Å². The van der Waals surface area contributed by atoms with Crippen molar-refractivity contribution < 1.29 is 27.1 Å². The molecule has 4 N–H and O–H groups in total. The lowest BCUT2D eigenvalue weighted by atomic mass is 10.0. The van der Waals surface area contributed by atoms with Crippen molar-refractivity contribution in [1.29, 1.82) is 0 Å². The number of carbonyl (C=O) groups excluding carboxylic acids is 1. The quantitative estimate of drug-likeness (QED) is 0.148. The van der Waals surface area contributed by atoms with Crippen LogP contribution < -0.4 is 15.2 Å². The van der Waals surface area contributed by atoms with Crippen LogP contribution in [-0.2, 0) is 32.7 Å². The number of nitrogens with one attached hydrogen (secondary N) is 2. The van der Waals surface area contributed by atoms with Crippen molar-refractivity contribution in [2.75, 3.05) is 22.8 Å². The van der Waals surface area contributed by atoms with Crippen molar-refractivity contribution >= 4 is 38.4 Å². The number of aromatic nitrogens is 5. The fraction of sp³-hybridized carbons (Fsp3) is 0.290. The Bertz CT molecular complexity index is 1920. The Labute approximate surface area is 259 Å². The van der Waals surface area contributed by atoms with Gasteiger partial charge >= 0.3 is 5.97 Å². The Kier molecular flexibility index (Phi) is 9.32. The van der Waals surface area contributed by atoms with Crippen LogP contribution in [0.5, 0.6) is 5.75 Å². The summed E-state index contributed by atoms with van der Waals surface area (Å²) in [5, 5.41) is 12.5. The minimum Gasteiger partial charge on any atom is -0.487 e. The number of rotatable bonds is 13. The number of ether oxygens (including phenoxy) is 2. The Balaban J connectivity index is 1.45. The number of nitrogen functional groups attached to an aromatic ring is 1. The second-order valence-corrected chi connectivity index (χ2v) is 12.8. The number of benzene rings is 2. The molecule has 0 saturated carbocycles. The van der Waals surface area contributed by atoms with Crippen LogP contribution in [0.3, 0.4) is 0 Å². The third kappa shape index (κ3) is 7.58. The largest absolute Gasteiger partial charge is 0.487 e. The Morgan fingerprint density at radius 1 is 1.13 bits per heavy atom. The maximum Gasteiger partial charge on any atom is 0.307 e. The van der Waals surface area contributed by atoms with E-state index >= 15 is 0 Å². The molecule has 5 aromatic rings. The first-order chi connectivity index (χ1) is 21.5. The zero-order valence-corrected chi connectivity index (χ0v) is 25.9. The predicted molar refractivity (Wildman–Crippen MR) is 169 cm³/mol. The third-order valence-electron chi connectivity index (χ3n) is 6.90. The molecule has 0 amide bonds. The smallest absolute Gasteiger partial charge is 0.307 e. The number of aryl methyl sites for hydroxylation is 1. The highest BCUT2D eigenvalue weighted by Crippen LogP contribution is 2.38. The van der Waals surface area contributed by atoms with Gasteiger partial charge < -0.3 is 15.2 Å². The zero-order chi connectivity index (χ0) is 32.1. The first-order valence-electron chi connectivity index (χ1n) is 14.4.